The predicted molar refractivity (Wildman–Crippen MR) is 188 cm³/mol. The molecular formula is C35H57BrO8Si2. The molecule has 3 fully saturated rings. The zero-order valence-corrected chi connectivity index (χ0v) is 33.6. The first kappa shape index (κ1) is 37.5. The molecule has 2 bridgehead atoms. The number of rotatable bonds is 11. The Bertz CT molecular complexity index is 1260. The highest BCUT2D eigenvalue weighted by atomic mass is 79.9. The fourth-order valence-electron chi connectivity index (χ4n) is 9.30. The lowest BCUT2D eigenvalue weighted by molar-refractivity contribution is -0.180. The average Bonchev–Trinajstić information content (AvgIpc) is 3.34. The molecule has 8 nitrogen and oxygen atoms in total. The summed E-state index contributed by atoms with van der Waals surface area (Å²) in [6, 6.07) is 5.52. The van der Waals surface area contributed by atoms with E-state index in [-0.39, 0.29) is 10.6 Å². The highest BCUT2D eigenvalue weighted by molar-refractivity contribution is 9.09. The Kier molecular flexibility index (Phi) is 10.8. The number of carbonyl (C=O) groups is 3. The van der Waals surface area contributed by atoms with Crippen LogP contribution < -0.4 is 0 Å². The number of hydrogen-bond donors (Lipinski definition) is 0. The van der Waals surface area contributed by atoms with Gasteiger partial charge in [-0.3, -0.25) is 9.59 Å². The number of ketones is 1. The third-order valence-corrected chi connectivity index (χ3v) is 23.1. The van der Waals surface area contributed by atoms with Gasteiger partial charge in [0.25, 0.3) is 0 Å². The van der Waals surface area contributed by atoms with E-state index in [9.17, 15) is 9.59 Å². The van der Waals surface area contributed by atoms with Crippen LogP contribution in [0.4, 0.5) is 4.79 Å². The largest absolute Gasteiger partial charge is 0.509 e. The number of halogens is 1. The van der Waals surface area contributed by atoms with Crippen LogP contribution in [0.3, 0.4) is 0 Å². The maximum atomic E-state index is 15.5. The molecule has 4 aliphatic rings. The molecule has 0 aromatic rings. The van der Waals surface area contributed by atoms with Gasteiger partial charge in [0.2, 0.25) is 0 Å². The molecule has 3 aliphatic carbocycles. The fraction of sp³-hybridized carbons (Fsp3) is 0.800. The number of esters is 1. The Morgan fingerprint density at radius 3 is 1.98 bits per heavy atom. The topological polar surface area (TPSA) is 97.4 Å². The Morgan fingerprint density at radius 2 is 1.48 bits per heavy atom. The van der Waals surface area contributed by atoms with Crippen LogP contribution in [0.15, 0.2) is 23.3 Å². The number of carbonyl (C=O) groups excluding carboxylic acids is 3. The first-order chi connectivity index (χ1) is 21.4. The van der Waals surface area contributed by atoms with Crippen molar-refractivity contribution >= 4 is 50.5 Å². The van der Waals surface area contributed by atoms with Crippen LogP contribution in [0, 0.1) is 16.7 Å². The van der Waals surface area contributed by atoms with Crippen LogP contribution >= 0.6 is 15.9 Å². The monoisotopic (exact) mass is 740 g/mol. The second kappa shape index (κ2) is 13.2. The molecule has 11 heteroatoms. The van der Waals surface area contributed by atoms with Gasteiger partial charge < -0.3 is 23.1 Å². The maximum Gasteiger partial charge on any atom is 0.509 e. The number of fused-ring (bicyclic) bond motifs is 3. The predicted octanol–water partition coefficient (Wildman–Crippen LogP) is 8.65. The lowest BCUT2D eigenvalue weighted by Gasteiger charge is -2.61. The highest BCUT2D eigenvalue weighted by Crippen LogP contribution is 2.65. The third-order valence-electron chi connectivity index (χ3n) is 12.9. The van der Waals surface area contributed by atoms with Crippen molar-refractivity contribution in [3.8, 4) is 0 Å². The van der Waals surface area contributed by atoms with Gasteiger partial charge in [-0.05, 0) is 67.7 Å². The summed E-state index contributed by atoms with van der Waals surface area (Å²) in [5, 5.41) is 0. The highest BCUT2D eigenvalue weighted by Gasteiger charge is 2.75. The van der Waals surface area contributed by atoms with Crippen molar-refractivity contribution in [1.82, 2.24) is 0 Å². The van der Waals surface area contributed by atoms with Crippen LogP contribution in [-0.2, 0) is 32.7 Å². The van der Waals surface area contributed by atoms with Gasteiger partial charge >= 0.3 is 12.1 Å². The third kappa shape index (κ3) is 5.55. The van der Waals surface area contributed by atoms with E-state index in [4.69, 9.17) is 23.1 Å². The minimum absolute atomic E-state index is 0.181. The Morgan fingerprint density at radius 1 is 0.957 bits per heavy atom. The Balaban J connectivity index is 2.08. The zero-order valence-electron chi connectivity index (χ0n) is 30.0. The summed E-state index contributed by atoms with van der Waals surface area (Å²) in [5.41, 5.74) is -1.10. The van der Waals surface area contributed by atoms with Gasteiger partial charge in [0.1, 0.15) is 0 Å². The van der Waals surface area contributed by atoms with Gasteiger partial charge in [0, 0.05) is 29.5 Å². The summed E-state index contributed by atoms with van der Waals surface area (Å²) in [4.78, 5) is 41.7. The zero-order chi connectivity index (χ0) is 34.6. The van der Waals surface area contributed by atoms with E-state index in [1.54, 1.807) is 0 Å². The van der Waals surface area contributed by atoms with Crippen molar-refractivity contribution in [2.75, 3.05) is 0 Å². The molecular weight excluding hydrogens is 684 g/mol. The van der Waals surface area contributed by atoms with E-state index in [0.29, 0.717) is 18.4 Å². The minimum atomic E-state index is -2.24. The molecule has 46 heavy (non-hydrogen) atoms. The van der Waals surface area contributed by atoms with Crippen molar-refractivity contribution in [3.05, 3.63) is 23.3 Å². The molecule has 0 N–H and O–H groups in total. The van der Waals surface area contributed by atoms with Crippen LogP contribution in [0.5, 0.6) is 0 Å². The Labute approximate surface area is 287 Å². The average molecular weight is 742 g/mol. The number of alkyl halides is 1. The summed E-state index contributed by atoms with van der Waals surface area (Å²) in [5.74, 6) is -1.45. The quantitative estimate of drug-likeness (QED) is 0.0899. The van der Waals surface area contributed by atoms with E-state index < -0.39 is 75.5 Å². The standard InChI is InChI=1S/C35H57BrO8Si2/c1-13-45(14-2,15-3)43-25-20-35-31(41-32(39)42-35)28-21(7)24(36)19-26(44-46(16-4,17-5)18-6)34(28,12)30(38)29(40-23(9)37)27(22(25)8)33(35,10)11/h24-26,28-29,31H,7,13-20H2,1-6,8-12H3/t24-,25-,26-,28-,29+,31-,34+,35+/m0/s1. The van der Waals surface area contributed by atoms with Gasteiger partial charge in [0.15, 0.2) is 40.2 Å². The van der Waals surface area contributed by atoms with Crippen molar-refractivity contribution < 1.29 is 37.4 Å². The summed E-state index contributed by atoms with van der Waals surface area (Å²) in [6.07, 6.45) is -2.87. The minimum Gasteiger partial charge on any atom is -0.450 e. The Hall–Kier alpha value is -1.28. The van der Waals surface area contributed by atoms with Crippen LogP contribution in [-0.4, -0.2) is 69.4 Å². The lowest BCUT2D eigenvalue weighted by atomic mass is 9.48. The van der Waals surface area contributed by atoms with Crippen LogP contribution in [0.2, 0.25) is 36.3 Å². The lowest BCUT2D eigenvalue weighted by Crippen LogP contribution is -2.71. The molecule has 2 saturated carbocycles. The van der Waals surface area contributed by atoms with E-state index in [1.165, 1.54) is 6.92 Å². The fourth-order valence-corrected chi connectivity index (χ4v) is 15.7. The molecule has 1 saturated heterocycles. The van der Waals surface area contributed by atoms with Gasteiger partial charge in [-0.2, -0.15) is 0 Å². The van der Waals surface area contributed by atoms with Gasteiger partial charge in [-0.1, -0.05) is 83.5 Å². The molecule has 0 aromatic heterocycles. The number of hydrogen-bond acceptors (Lipinski definition) is 8. The maximum absolute atomic E-state index is 15.5. The van der Waals surface area contributed by atoms with E-state index in [0.717, 1.165) is 47.4 Å². The van der Waals surface area contributed by atoms with Crippen LogP contribution in [0.25, 0.3) is 0 Å². The molecule has 1 spiro atoms. The van der Waals surface area contributed by atoms with Crippen molar-refractivity contribution in [3.63, 3.8) is 0 Å². The van der Waals surface area contributed by atoms with Crippen molar-refractivity contribution in [1.29, 1.82) is 0 Å². The molecule has 0 amide bonds. The molecule has 1 heterocycles. The molecule has 260 valence electrons. The number of ether oxygens (including phenoxy) is 3. The summed E-state index contributed by atoms with van der Waals surface area (Å²) < 4.78 is 33.2. The molecule has 8 atom stereocenters. The van der Waals surface area contributed by atoms with Crippen molar-refractivity contribution in [2.24, 2.45) is 16.7 Å². The number of Topliss-reactive ketones (excluding diaryl/α,β-unsaturated/α-hetero) is 1. The van der Waals surface area contributed by atoms with Gasteiger partial charge in [-0.15, -0.1) is 0 Å². The summed E-state index contributed by atoms with van der Waals surface area (Å²) in [6.45, 7) is 26.8. The molecule has 1 aliphatic heterocycles. The molecule has 4 rings (SSSR count). The van der Waals surface area contributed by atoms with Gasteiger partial charge in [0.05, 0.1) is 17.6 Å². The second-order valence-corrected chi connectivity index (χ2v) is 25.3. The molecule has 0 aromatic carbocycles. The first-order valence-corrected chi connectivity index (χ1v) is 23.4. The van der Waals surface area contributed by atoms with E-state index >= 15 is 4.79 Å². The summed E-state index contributed by atoms with van der Waals surface area (Å²) in [7, 11) is -4.42. The SMILES string of the molecule is C=C1[C@@H](Br)C[C@H](O[Si](CC)(CC)CC)[C@@]2(C)C(=O)[C@H](OC(C)=O)C3=C(C)[C@@H](O[Si](CC)(CC)CC)C[C@]4(OC(=O)O[C@H]4[C@H]12)C3(C)C. The normalized spacial score (nSPS) is 35.9. The first-order valence-electron chi connectivity index (χ1n) is 17.4. The summed E-state index contributed by atoms with van der Waals surface area (Å²) >= 11 is 3.90. The van der Waals surface area contributed by atoms with Crippen molar-refractivity contribution in [2.45, 2.75) is 160 Å². The smallest absolute Gasteiger partial charge is 0.450 e. The van der Waals surface area contributed by atoms with E-state index in [1.807, 2.05) is 27.7 Å². The second-order valence-electron chi connectivity index (χ2n) is 14.8. The van der Waals surface area contributed by atoms with Gasteiger partial charge in [-0.25, -0.2) is 4.79 Å². The van der Waals surface area contributed by atoms with Crippen LogP contribution in [0.1, 0.15) is 89.0 Å². The van der Waals surface area contributed by atoms with E-state index in [2.05, 4.69) is 64.1 Å². The molecule has 0 radical (unpaired) electrons. The molecule has 0 unspecified atom stereocenters.